The van der Waals surface area contributed by atoms with Crippen molar-refractivity contribution in [3.63, 3.8) is 0 Å². The standard InChI is InChI=1S/C22H15Cl3N4O4S2/c23-12-6-7-15-18(8-12)27-22(29(21(15)31)13-4-2-1-3-5-13)34-11-19(30)28-20-16(24)9-14(10-17(20)25)35(26,32)33/h1-10H,11H2,(H,28,30)(H2,26,32,33). The summed E-state index contributed by atoms with van der Waals surface area (Å²) in [4.78, 5) is 30.2. The first kappa shape index (κ1) is 25.5. The third-order valence-corrected chi connectivity index (χ3v) is 7.42. The Kier molecular flexibility index (Phi) is 7.41. The Balaban J connectivity index is 1.65. The molecule has 8 nitrogen and oxygen atoms in total. The SMILES string of the molecule is NS(=O)(=O)c1cc(Cl)c(NC(=O)CSc2nc3cc(Cl)ccc3c(=O)n2-c2ccccc2)c(Cl)c1. The van der Waals surface area contributed by atoms with Gasteiger partial charge < -0.3 is 5.32 Å². The van der Waals surface area contributed by atoms with E-state index in [9.17, 15) is 18.0 Å². The van der Waals surface area contributed by atoms with E-state index in [0.29, 0.717) is 21.6 Å². The molecule has 4 rings (SSSR count). The van der Waals surface area contributed by atoms with E-state index in [4.69, 9.17) is 39.9 Å². The van der Waals surface area contributed by atoms with Gasteiger partial charge in [-0.15, -0.1) is 0 Å². The minimum absolute atomic E-state index is 0.0324. The monoisotopic (exact) mass is 568 g/mol. The number of amides is 1. The lowest BCUT2D eigenvalue weighted by atomic mass is 10.2. The number of halogens is 3. The number of carbonyl (C=O) groups is 1. The van der Waals surface area contributed by atoms with E-state index >= 15 is 0 Å². The summed E-state index contributed by atoms with van der Waals surface area (Å²) in [6.07, 6.45) is 0. The predicted octanol–water partition coefficient (Wildman–Crippen LogP) is 4.72. The number of hydrogen-bond acceptors (Lipinski definition) is 6. The van der Waals surface area contributed by atoms with Gasteiger partial charge in [-0.2, -0.15) is 0 Å². The number of nitrogens with one attached hydrogen (secondary N) is 1. The average molecular weight is 570 g/mol. The maximum atomic E-state index is 13.3. The Morgan fingerprint density at radius 3 is 2.31 bits per heavy atom. The summed E-state index contributed by atoms with van der Waals surface area (Å²) >= 11 is 19.3. The minimum Gasteiger partial charge on any atom is -0.323 e. The van der Waals surface area contributed by atoms with Gasteiger partial charge in [0, 0.05) is 5.02 Å². The van der Waals surface area contributed by atoms with E-state index in [-0.39, 0.29) is 37.1 Å². The Bertz CT molecular complexity index is 1600. The number of primary sulfonamides is 1. The summed E-state index contributed by atoms with van der Waals surface area (Å²) in [6.45, 7) is 0. The smallest absolute Gasteiger partial charge is 0.266 e. The summed E-state index contributed by atoms with van der Waals surface area (Å²) in [7, 11) is -4.03. The van der Waals surface area contributed by atoms with Gasteiger partial charge >= 0.3 is 0 Å². The van der Waals surface area contributed by atoms with E-state index < -0.39 is 15.9 Å². The molecule has 35 heavy (non-hydrogen) atoms. The number of rotatable bonds is 6. The largest absolute Gasteiger partial charge is 0.323 e. The molecule has 0 atom stereocenters. The molecule has 0 saturated carbocycles. The van der Waals surface area contributed by atoms with Gasteiger partial charge in [0.1, 0.15) is 0 Å². The van der Waals surface area contributed by atoms with E-state index in [0.717, 1.165) is 23.9 Å². The molecule has 0 aliphatic heterocycles. The predicted molar refractivity (Wildman–Crippen MR) is 140 cm³/mol. The van der Waals surface area contributed by atoms with Gasteiger partial charge in [0.15, 0.2) is 5.16 Å². The molecular formula is C22H15Cl3N4O4S2. The van der Waals surface area contributed by atoms with Crippen molar-refractivity contribution in [1.29, 1.82) is 0 Å². The molecule has 0 radical (unpaired) electrons. The molecular weight excluding hydrogens is 555 g/mol. The summed E-state index contributed by atoms with van der Waals surface area (Å²) in [6, 6.07) is 15.8. The lowest BCUT2D eigenvalue weighted by Gasteiger charge is -2.14. The average Bonchev–Trinajstić information content (AvgIpc) is 2.79. The number of nitrogens with zero attached hydrogens (tertiary/aromatic N) is 2. The van der Waals surface area contributed by atoms with E-state index in [1.807, 2.05) is 6.07 Å². The van der Waals surface area contributed by atoms with Crippen molar-refractivity contribution < 1.29 is 13.2 Å². The van der Waals surface area contributed by atoms with Gasteiger partial charge in [0.25, 0.3) is 5.56 Å². The second-order valence-electron chi connectivity index (χ2n) is 7.18. The van der Waals surface area contributed by atoms with Crippen LogP contribution >= 0.6 is 46.6 Å². The normalized spacial score (nSPS) is 11.5. The molecule has 0 spiro atoms. The molecule has 1 heterocycles. The summed E-state index contributed by atoms with van der Waals surface area (Å²) < 4.78 is 24.5. The van der Waals surface area contributed by atoms with Crippen LogP contribution in [0.2, 0.25) is 15.1 Å². The maximum Gasteiger partial charge on any atom is 0.266 e. The Morgan fingerprint density at radius 2 is 1.69 bits per heavy atom. The summed E-state index contributed by atoms with van der Waals surface area (Å²) in [5, 5.41) is 8.52. The molecule has 180 valence electrons. The molecule has 1 amide bonds. The highest BCUT2D eigenvalue weighted by Gasteiger charge is 2.18. The van der Waals surface area contributed by atoms with E-state index in [2.05, 4.69) is 10.3 Å². The van der Waals surface area contributed by atoms with Gasteiger partial charge in [-0.25, -0.2) is 18.5 Å². The second-order valence-corrected chi connectivity index (χ2v) is 10.9. The van der Waals surface area contributed by atoms with Crippen LogP contribution < -0.4 is 16.0 Å². The van der Waals surface area contributed by atoms with Crippen LogP contribution in [0, 0.1) is 0 Å². The highest BCUT2D eigenvalue weighted by Crippen LogP contribution is 2.33. The summed E-state index contributed by atoms with van der Waals surface area (Å²) in [5.74, 6) is -0.670. The molecule has 0 fully saturated rings. The van der Waals surface area contributed by atoms with Gasteiger partial charge in [0.05, 0.1) is 43.0 Å². The zero-order valence-electron chi connectivity index (χ0n) is 17.5. The number of aromatic nitrogens is 2. The van der Waals surface area contributed by atoms with Crippen LogP contribution in [-0.4, -0.2) is 29.6 Å². The Morgan fingerprint density at radius 1 is 1.03 bits per heavy atom. The fourth-order valence-electron chi connectivity index (χ4n) is 3.18. The van der Waals surface area contributed by atoms with Gasteiger partial charge in [-0.05, 0) is 42.5 Å². The molecule has 4 aromatic rings. The molecule has 0 aliphatic rings. The van der Waals surface area contributed by atoms with Gasteiger partial charge in [-0.1, -0.05) is 64.8 Å². The zero-order chi connectivity index (χ0) is 25.3. The van der Waals surface area contributed by atoms with Crippen molar-refractivity contribution in [3.05, 3.63) is 86.1 Å². The number of benzene rings is 3. The number of thioether (sulfide) groups is 1. The van der Waals surface area contributed by atoms with Gasteiger partial charge in [0.2, 0.25) is 15.9 Å². The fraction of sp³-hybridized carbons (Fsp3) is 0.0455. The first-order chi connectivity index (χ1) is 16.5. The summed E-state index contributed by atoms with van der Waals surface area (Å²) in [5.41, 5.74) is 0.687. The van der Waals surface area contributed by atoms with Crippen molar-refractivity contribution in [3.8, 4) is 5.69 Å². The highest BCUT2D eigenvalue weighted by molar-refractivity contribution is 7.99. The van der Waals surface area contributed by atoms with Crippen LogP contribution in [0.15, 0.2) is 75.5 Å². The Labute approximate surface area is 219 Å². The second kappa shape index (κ2) is 10.2. The van der Waals surface area contributed by atoms with Crippen molar-refractivity contribution in [2.45, 2.75) is 10.1 Å². The molecule has 13 heteroatoms. The molecule has 1 aromatic heterocycles. The number of anilines is 1. The minimum atomic E-state index is -4.03. The van der Waals surface area contributed by atoms with Crippen LogP contribution in [0.25, 0.3) is 16.6 Å². The third kappa shape index (κ3) is 5.64. The molecule has 0 bridgehead atoms. The van der Waals surface area contributed by atoms with Crippen molar-refractivity contribution in [1.82, 2.24) is 9.55 Å². The van der Waals surface area contributed by atoms with Crippen molar-refractivity contribution >= 4 is 79.1 Å². The topological polar surface area (TPSA) is 124 Å². The number of para-hydroxylation sites is 1. The number of hydrogen-bond donors (Lipinski definition) is 2. The van der Waals surface area contributed by atoms with Crippen LogP contribution in [0.4, 0.5) is 5.69 Å². The molecule has 3 N–H and O–H groups in total. The molecule has 0 saturated heterocycles. The first-order valence-corrected chi connectivity index (χ1v) is 13.4. The maximum absolute atomic E-state index is 13.3. The number of nitrogens with two attached hydrogens (primary N) is 1. The van der Waals surface area contributed by atoms with Crippen LogP contribution in [0.1, 0.15) is 0 Å². The fourth-order valence-corrected chi connectivity index (χ4v) is 5.43. The molecule has 0 unspecified atom stereocenters. The Hall–Kier alpha value is -2.60. The molecule has 0 aliphatic carbocycles. The molecule has 3 aromatic carbocycles. The van der Waals surface area contributed by atoms with E-state index in [1.165, 1.54) is 4.57 Å². The van der Waals surface area contributed by atoms with Crippen LogP contribution in [-0.2, 0) is 14.8 Å². The van der Waals surface area contributed by atoms with Crippen molar-refractivity contribution in [2.75, 3.05) is 11.1 Å². The number of sulfonamides is 1. The van der Waals surface area contributed by atoms with Crippen LogP contribution in [0.5, 0.6) is 0 Å². The highest BCUT2D eigenvalue weighted by atomic mass is 35.5. The first-order valence-electron chi connectivity index (χ1n) is 9.77. The third-order valence-electron chi connectivity index (χ3n) is 4.76. The quantitative estimate of drug-likeness (QED) is 0.256. The lowest BCUT2D eigenvalue weighted by molar-refractivity contribution is -0.113. The van der Waals surface area contributed by atoms with Crippen LogP contribution in [0.3, 0.4) is 0 Å². The number of carbonyl (C=O) groups excluding carboxylic acids is 1. The number of fused-ring (bicyclic) bond motifs is 1. The van der Waals surface area contributed by atoms with E-state index in [1.54, 1.807) is 42.5 Å². The lowest BCUT2D eigenvalue weighted by Crippen LogP contribution is -2.23. The van der Waals surface area contributed by atoms with Gasteiger partial charge in [-0.3, -0.25) is 14.2 Å². The van der Waals surface area contributed by atoms with Crippen molar-refractivity contribution in [2.24, 2.45) is 5.14 Å². The zero-order valence-corrected chi connectivity index (χ0v) is 21.4.